The number of nitro benzene ring substituents is 1. The fourth-order valence-electron chi connectivity index (χ4n) is 2.70. The predicted molar refractivity (Wildman–Crippen MR) is 96.6 cm³/mol. The predicted octanol–water partition coefficient (Wildman–Crippen LogP) is 4.94. The Labute approximate surface area is 147 Å². The van der Waals surface area contributed by atoms with Crippen molar-refractivity contribution in [3.63, 3.8) is 0 Å². The Morgan fingerprint density at radius 1 is 1.08 bits per heavy atom. The summed E-state index contributed by atoms with van der Waals surface area (Å²) in [7, 11) is 0. The van der Waals surface area contributed by atoms with Gasteiger partial charge in [0.2, 0.25) is 0 Å². The summed E-state index contributed by atoms with van der Waals surface area (Å²) in [6.07, 6.45) is 4.13. The molecule has 1 atom stereocenters. The van der Waals surface area contributed by atoms with Crippen LogP contribution >= 0.6 is 0 Å². The molecule has 5 heteroatoms. The molecule has 2 rings (SSSR count). The standard InChI is InChI=1S/C20H23NO4/c1-2-7-19(25-20(22)17-9-4-3-5-10-17)11-6-8-16-12-14-18(15-13-16)21(23)24/h3-5,9-10,12-15,19H,2,6-8,11H2,1H3. The van der Waals surface area contributed by atoms with Crippen LogP contribution in [0.4, 0.5) is 5.69 Å². The van der Waals surface area contributed by atoms with E-state index in [0.29, 0.717) is 5.56 Å². The first-order valence-electron chi connectivity index (χ1n) is 8.59. The van der Waals surface area contributed by atoms with E-state index in [-0.39, 0.29) is 17.8 Å². The zero-order chi connectivity index (χ0) is 18.1. The van der Waals surface area contributed by atoms with E-state index in [2.05, 4.69) is 6.92 Å². The van der Waals surface area contributed by atoms with Crippen LogP contribution in [-0.4, -0.2) is 17.0 Å². The molecule has 132 valence electrons. The van der Waals surface area contributed by atoms with Crippen molar-refractivity contribution >= 4 is 11.7 Å². The SMILES string of the molecule is CCCC(CCCc1ccc([N+](=O)[O-])cc1)OC(=O)c1ccccc1. The summed E-state index contributed by atoms with van der Waals surface area (Å²) in [5, 5.41) is 10.7. The van der Waals surface area contributed by atoms with E-state index in [4.69, 9.17) is 4.74 Å². The molecule has 0 spiro atoms. The molecule has 2 aromatic rings. The normalized spacial score (nSPS) is 11.7. The molecule has 1 unspecified atom stereocenters. The van der Waals surface area contributed by atoms with Crippen molar-refractivity contribution in [1.29, 1.82) is 0 Å². The molecule has 0 fully saturated rings. The van der Waals surface area contributed by atoms with Crippen LogP contribution in [0.5, 0.6) is 0 Å². The molecule has 0 N–H and O–H groups in total. The number of hydrogen-bond donors (Lipinski definition) is 0. The topological polar surface area (TPSA) is 69.4 Å². The first-order valence-corrected chi connectivity index (χ1v) is 8.59. The quantitative estimate of drug-likeness (QED) is 0.368. The third-order valence-electron chi connectivity index (χ3n) is 4.03. The number of ether oxygens (including phenoxy) is 1. The van der Waals surface area contributed by atoms with Crippen molar-refractivity contribution in [2.45, 2.75) is 45.1 Å². The van der Waals surface area contributed by atoms with Gasteiger partial charge in [-0.05, 0) is 43.4 Å². The summed E-state index contributed by atoms with van der Waals surface area (Å²) in [6.45, 7) is 2.07. The lowest BCUT2D eigenvalue weighted by molar-refractivity contribution is -0.384. The van der Waals surface area contributed by atoms with Gasteiger partial charge in [0.1, 0.15) is 6.10 Å². The van der Waals surface area contributed by atoms with Gasteiger partial charge in [-0.25, -0.2) is 4.79 Å². The van der Waals surface area contributed by atoms with E-state index < -0.39 is 4.92 Å². The Morgan fingerprint density at radius 2 is 1.76 bits per heavy atom. The second kappa shape index (κ2) is 9.57. The average molecular weight is 341 g/mol. The maximum absolute atomic E-state index is 12.2. The lowest BCUT2D eigenvalue weighted by Gasteiger charge is -2.17. The molecular weight excluding hydrogens is 318 g/mol. The number of nitro groups is 1. The molecule has 2 aromatic carbocycles. The molecule has 0 saturated heterocycles. The molecule has 0 bridgehead atoms. The number of esters is 1. The first-order chi connectivity index (χ1) is 12.1. The zero-order valence-corrected chi connectivity index (χ0v) is 14.4. The third-order valence-corrected chi connectivity index (χ3v) is 4.03. The summed E-state index contributed by atoms with van der Waals surface area (Å²) in [6, 6.07) is 15.6. The highest BCUT2D eigenvalue weighted by atomic mass is 16.6. The van der Waals surface area contributed by atoms with Crippen molar-refractivity contribution in [3.8, 4) is 0 Å². The number of carbonyl (C=O) groups excluding carboxylic acids is 1. The number of aryl methyl sites for hydroxylation is 1. The summed E-state index contributed by atoms with van der Waals surface area (Å²) < 4.78 is 5.64. The monoisotopic (exact) mass is 341 g/mol. The van der Waals surface area contributed by atoms with Crippen molar-refractivity contribution in [2.24, 2.45) is 0 Å². The molecule has 0 amide bonds. The van der Waals surface area contributed by atoms with E-state index in [1.807, 2.05) is 18.2 Å². The maximum Gasteiger partial charge on any atom is 0.338 e. The van der Waals surface area contributed by atoms with E-state index in [0.717, 1.165) is 37.7 Å². The second-order valence-corrected chi connectivity index (χ2v) is 6.00. The molecule has 0 aromatic heterocycles. The number of nitrogens with zero attached hydrogens (tertiary/aromatic N) is 1. The van der Waals surface area contributed by atoms with Gasteiger partial charge in [-0.15, -0.1) is 0 Å². The summed E-state index contributed by atoms with van der Waals surface area (Å²) >= 11 is 0. The van der Waals surface area contributed by atoms with Crippen molar-refractivity contribution < 1.29 is 14.5 Å². The molecule has 0 saturated carbocycles. The van der Waals surface area contributed by atoms with Crippen LogP contribution in [-0.2, 0) is 11.2 Å². The minimum atomic E-state index is -0.399. The van der Waals surface area contributed by atoms with Crippen molar-refractivity contribution in [2.75, 3.05) is 0 Å². The van der Waals surface area contributed by atoms with Gasteiger partial charge >= 0.3 is 5.97 Å². The lowest BCUT2D eigenvalue weighted by Crippen LogP contribution is -2.18. The molecule has 0 aliphatic heterocycles. The molecule has 0 aliphatic carbocycles. The maximum atomic E-state index is 12.2. The molecule has 0 aliphatic rings. The van der Waals surface area contributed by atoms with E-state index in [1.54, 1.807) is 24.3 Å². The molecule has 5 nitrogen and oxygen atoms in total. The van der Waals surface area contributed by atoms with E-state index in [1.165, 1.54) is 12.1 Å². The minimum Gasteiger partial charge on any atom is -0.459 e. The van der Waals surface area contributed by atoms with Crippen LogP contribution in [0.25, 0.3) is 0 Å². The van der Waals surface area contributed by atoms with Crippen molar-refractivity contribution in [3.05, 3.63) is 75.8 Å². The van der Waals surface area contributed by atoms with Crippen LogP contribution in [0.2, 0.25) is 0 Å². The zero-order valence-electron chi connectivity index (χ0n) is 14.4. The average Bonchev–Trinajstić information content (AvgIpc) is 2.63. The van der Waals surface area contributed by atoms with Gasteiger partial charge in [-0.3, -0.25) is 10.1 Å². The largest absolute Gasteiger partial charge is 0.459 e. The number of rotatable bonds is 9. The minimum absolute atomic E-state index is 0.101. The van der Waals surface area contributed by atoms with E-state index in [9.17, 15) is 14.9 Å². The Balaban J connectivity index is 1.84. The van der Waals surface area contributed by atoms with Gasteiger partial charge in [0.25, 0.3) is 5.69 Å². The smallest absolute Gasteiger partial charge is 0.338 e. The van der Waals surface area contributed by atoms with Gasteiger partial charge in [-0.2, -0.15) is 0 Å². The van der Waals surface area contributed by atoms with Gasteiger partial charge in [-0.1, -0.05) is 43.7 Å². The molecule has 0 radical (unpaired) electrons. The summed E-state index contributed by atoms with van der Waals surface area (Å²) in [4.78, 5) is 22.4. The summed E-state index contributed by atoms with van der Waals surface area (Å²) in [5.41, 5.74) is 1.72. The van der Waals surface area contributed by atoms with Gasteiger partial charge in [0.15, 0.2) is 0 Å². The molecule has 0 heterocycles. The highest BCUT2D eigenvalue weighted by Crippen LogP contribution is 2.17. The van der Waals surface area contributed by atoms with Gasteiger partial charge < -0.3 is 4.74 Å². The first kappa shape index (κ1) is 18.6. The van der Waals surface area contributed by atoms with Crippen LogP contribution in [0.15, 0.2) is 54.6 Å². The Hall–Kier alpha value is -2.69. The van der Waals surface area contributed by atoms with Crippen LogP contribution in [0, 0.1) is 10.1 Å². The Bertz CT molecular complexity index is 683. The third kappa shape index (κ3) is 6.03. The number of hydrogen-bond acceptors (Lipinski definition) is 4. The van der Waals surface area contributed by atoms with Crippen LogP contribution < -0.4 is 0 Å². The Kier molecular flexibility index (Phi) is 7.14. The number of benzene rings is 2. The van der Waals surface area contributed by atoms with Crippen molar-refractivity contribution in [1.82, 2.24) is 0 Å². The van der Waals surface area contributed by atoms with Gasteiger partial charge in [0, 0.05) is 12.1 Å². The van der Waals surface area contributed by atoms with Gasteiger partial charge in [0.05, 0.1) is 10.5 Å². The molecular formula is C20H23NO4. The Morgan fingerprint density at radius 3 is 2.36 bits per heavy atom. The fourth-order valence-corrected chi connectivity index (χ4v) is 2.70. The van der Waals surface area contributed by atoms with Crippen LogP contribution in [0.1, 0.15) is 48.5 Å². The highest BCUT2D eigenvalue weighted by molar-refractivity contribution is 5.89. The summed E-state index contributed by atoms with van der Waals surface area (Å²) in [5.74, 6) is -0.283. The molecule has 25 heavy (non-hydrogen) atoms. The number of carbonyl (C=O) groups is 1. The highest BCUT2D eigenvalue weighted by Gasteiger charge is 2.15. The van der Waals surface area contributed by atoms with E-state index >= 15 is 0 Å². The lowest BCUT2D eigenvalue weighted by atomic mass is 10.0. The fraction of sp³-hybridized carbons (Fsp3) is 0.350. The van der Waals surface area contributed by atoms with Crippen LogP contribution in [0.3, 0.4) is 0 Å². The number of non-ortho nitro benzene ring substituents is 1. The second-order valence-electron chi connectivity index (χ2n) is 6.00.